The molecule has 1 aliphatic heterocycles. The first-order valence-corrected chi connectivity index (χ1v) is 5.49. The fourth-order valence-electron chi connectivity index (χ4n) is 2.27. The number of aliphatic carboxylic acids is 1. The second-order valence-corrected chi connectivity index (χ2v) is 4.00. The molecule has 4 heteroatoms. The third-order valence-corrected chi connectivity index (χ3v) is 3.03. The Bertz CT molecular complexity index is 468. The molecule has 0 radical (unpaired) electrons. The van der Waals surface area contributed by atoms with E-state index in [0.29, 0.717) is 18.9 Å². The number of hydrogen-bond donors (Lipinski definition) is 0. The number of quaternary nitrogens is 1. The van der Waals surface area contributed by atoms with Gasteiger partial charge in [-0.1, -0.05) is 24.8 Å². The lowest BCUT2D eigenvalue weighted by Crippen LogP contribution is -2.57. The number of rotatable bonds is 4. The summed E-state index contributed by atoms with van der Waals surface area (Å²) in [6, 6.07) is 9.51. The van der Waals surface area contributed by atoms with Gasteiger partial charge in [-0.05, 0) is 12.1 Å². The lowest BCUT2D eigenvalue weighted by Gasteiger charge is -2.33. The van der Waals surface area contributed by atoms with Crippen LogP contribution in [0.4, 0.5) is 5.69 Å². The van der Waals surface area contributed by atoms with E-state index < -0.39 is 5.97 Å². The molecule has 2 rings (SSSR count). The quantitative estimate of drug-likeness (QED) is 0.700. The monoisotopic (exact) mass is 230 g/mol. The van der Waals surface area contributed by atoms with Crippen LogP contribution in [-0.2, 0) is 4.79 Å². The Morgan fingerprint density at radius 3 is 2.76 bits per heavy atom. The summed E-state index contributed by atoms with van der Waals surface area (Å²) in [5, 5.41) is 11.0. The van der Waals surface area contributed by atoms with Crippen molar-refractivity contribution in [1.29, 1.82) is 0 Å². The Morgan fingerprint density at radius 2 is 2.18 bits per heavy atom. The van der Waals surface area contributed by atoms with Crippen molar-refractivity contribution in [3.05, 3.63) is 43.0 Å². The molecule has 1 atom stereocenters. The van der Waals surface area contributed by atoms with Gasteiger partial charge in [0.1, 0.15) is 18.8 Å². The van der Waals surface area contributed by atoms with Crippen molar-refractivity contribution in [3.8, 4) is 0 Å². The number of hydrogen-bond acceptors (Lipinski definition) is 3. The first-order chi connectivity index (χ1) is 8.19. The summed E-state index contributed by atoms with van der Waals surface area (Å²) in [6.07, 6.45) is 1.63. The molecule has 0 saturated heterocycles. The van der Waals surface area contributed by atoms with Crippen LogP contribution in [0.25, 0.3) is 0 Å². The zero-order chi connectivity index (χ0) is 12.3. The van der Waals surface area contributed by atoms with Gasteiger partial charge in [-0.25, -0.2) is 9.48 Å². The van der Waals surface area contributed by atoms with Crippen molar-refractivity contribution in [2.45, 2.75) is 0 Å². The minimum absolute atomic E-state index is 0.102. The molecule has 0 bridgehead atoms. The molecular weight excluding hydrogens is 216 g/mol. The van der Waals surface area contributed by atoms with E-state index in [2.05, 4.69) is 11.6 Å². The molecule has 0 aromatic heterocycles. The molecule has 17 heavy (non-hydrogen) atoms. The Hall–Kier alpha value is -1.94. The average Bonchev–Trinajstić information content (AvgIpc) is 2.73. The lowest BCUT2D eigenvalue weighted by molar-refractivity contribution is -0.305. The third-order valence-electron chi connectivity index (χ3n) is 3.03. The molecule has 88 valence electrons. The summed E-state index contributed by atoms with van der Waals surface area (Å²) in [7, 11) is 0. The molecule has 0 aliphatic carbocycles. The van der Waals surface area contributed by atoms with Gasteiger partial charge in [0.05, 0.1) is 12.5 Å². The first kappa shape index (κ1) is 11.5. The van der Waals surface area contributed by atoms with Crippen molar-refractivity contribution in [2.24, 2.45) is 4.99 Å². The summed E-state index contributed by atoms with van der Waals surface area (Å²) < 4.78 is 0.201. The van der Waals surface area contributed by atoms with Gasteiger partial charge in [0.15, 0.2) is 0 Å². The van der Waals surface area contributed by atoms with E-state index in [4.69, 9.17) is 0 Å². The zero-order valence-corrected chi connectivity index (χ0v) is 9.50. The fourth-order valence-corrected chi connectivity index (χ4v) is 2.27. The third kappa shape index (κ3) is 1.99. The molecule has 0 spiro atoms. The lowest BCUT2D eigenvalue weighted by atomic mass is 10.2. The summed E-state index contributed by atoms with van der Waals surface area (Å²) in [4.78, 5) is 15.3. The topological polar surface area (TPSA) is 52.5 Å². The molecule has 1 unspecified atom stereocenters. The average molecular weight is 230 g/mol. The van der Waals surface area contributed by atoms with Crippen LogP contribution in [-0.4, -0.2) is 31.4 Å². The maximum Gasteiger partial charge on any atom is 0.228 e. The van der Waals surface area contributed by atoms with Crippen molar-refractivity contribution >= 4 is 17.5 Å². The number of nitrogens with zero attached hydrogens (tertiary/aromatic N) is 2. The minimum Gasteiger partial charge on any atom is -0.544 e. The van der Waals surface area contributed by atoms with E-state index in [0.717, 1.165) is 5.69 Å². The number of benzene rings is 1. The summed E-state index contributed by atoms with van der Waals surface area (Å²) in [5.74, 6) is -0.384. The van der Waals surface area contributed by atoms with Crippen LogP contribution in [0.15, 0.2) is 48.0 Å². The molecule has 1 aliphatic rings. The zero-order valence-electron chi connectivity index (χ0n) is 9.50. The van der Waals surface area contributed by atoms with Crippen molar-refractivity contribution < 1.29 is 9.90 Å². The number of para-hydroxylation sites is 1. The molecule has 4 nitrogen and oxygen atoms in total. The number of carbonyl (C=O) groups excluding carboxylic acids is 1. The highest BCUT2D eigenvalue weighted by Gasteiger charge is 2.38. The van der Waals surface area contributed by atoms with Gasteiger partial charge in [0, 0.05) is 6.08 Å². The molecule has 0 N–H and O–H groups in total. The van der Waals surface area contributed by atoms with Gasteiger partial charge >= 0.3 is 0 Å². The van der Waals surface area contributed by atoms with Crippen LogP contribution in [0.2, 0.25) is 0 Å². The summed E-state index contributed by atoms with van der Waals surface area (Å²) in [5.41, 5.74) is 0.910. The SMILES string of the molecule is C=CC1=NCC[N+]1(CC(=O)[O-])c1ccccc1. The Labute approximate surface area is 100 Å². The van der Waals surface area contributed by atoms with Crippen molar-refractivity contribution in [3.63, 3.8) is 0 Å². The molecule has 1 heterocycles. The van der Waals surface area contributed by atoms with Crippen LogP contribution in [0.3, 0.4) is 0 Å². The van der Waals surface area contributed by atoms with Gasteiger partial charge in [-0.15, -0.1) is 0 Å². The highest BCUT2D eigenvalue weighted by molar-refractivity contribution is 6.04. The van der Waals surface area contributed by atoms with Gasteiger partial charge in [0.2, 0.25) is 5.84 Å². The first-order valence-electron chi connectivity index (χ1n) is 5.49. The van der Waals surface area contributed by atoms with Gasteiger partial charge in [0.25, 0.3) is 0 Å². The van der Waals surface area contributed by atoms with Crippen molar-refractivity contribution in [1.82, 2.24) is 4.48 Å². The number of aliphatic imine (C=N–C) groups is 1. The highest BCUT2D eigenvalue weighted by Crippen LogP contribution is 2.27. The maximum absolute atomic E-state index is 11.0. The van der Waals surface area contributed by atoms with E-state index >= 15 is 0 Å². The molecule has 0 saturated carbocycles. The van der Waals surface area contributed by atoms with Gasteiger partial charge < -0.3 is 9.90 Å². The number of amidine groups is 1. The van der Waals surface area contributed by atoms with Crippen LogP contribution < -0.4 is 9.59 Å². The van der Waals surface area contributed by atoms with E-state index in [9.17, 15) is 9.90 Å². The van der Waals surface area contributed by atoms with Gasteiger partial charge in [-0.2, -0.15) is 0 Å². The number of carbonyl (C=O) groups is 1. The molecule has 0 amide bonds. The van der Waals surface area contributed by atoms with Crippen LogP contribution in [0, 0.1) is 0 Å². The predicted octanol–water partition coefficient (Wildman–Crippen LogP) is 0.342. The van der Waals surface area contributed by atoms with E-state index in [1.165, 1.54) is 0 Å². The predicted molar refractivity (Wildman–Crippen MR) is 65.5 cm³/mol. The summed E-state index contributed by atoms with van der Waals surface area (Å²) in [6.45, 7) is 4.86. The molecular formula is C13H14N2O2. The number of carboxylic acid groups (broad SMARTS) is 1. The van der Waals surface area contributed by atoms with Gasteiger partial charge in [-0.3, -0.25) is 0 Å². The Balaban J connectivity index is 2.48. The Kier molecular flexibility index (Phi) is 3.06. The smallest absolute Gasteiger partial charge is 0.228 e. The van der Waals surface area contributed by atoms with Crippen LogP contribution >= 0.6 is 0 Å². The fraction of sp³-hybridized carbons (Fsp3) is 0.231. The molecule has 1 aromatic carbocycles. The minimum atomic E-state index is -1.08. The van der Waals surface area contributed by atoms with Crippen molar-refractivity contribution in [2.75, 3.05) is 19.6 Å². The molecule has 0 fully saturated rings. The van der Waals surface area contributed by atoms with E-state index in [1.54, 1.807) is 6.08 Å². The second kappa shape index (κ2) is 4.51. The number of carboxylic acids is 1. The molecule has 1 aromatic rings. The van der Waals surface area contributed by atoms with Crippen LogP contribution in [0.1, 0.15) is 0 Å². The second-order valence-electron chi connectivity index (χ2n) is 4.00. The summed E-state index contributed by atoms with van der Waals surface area (Å²) >= 11 is 0. The maximum atomic E-state index is 11.0. The van der Waals surface area contributed by atoms with Crippen LogP contribution in [0.5, 0.6) is 0 Å². The van der Waals surface area contributed by atoms with E-state index in [1.807, 2.05) is 30.3 Å². The normalized spacial score (nSPS) is 23.2. The Morgan fingerprint density at radius 1 is 1.47 bits per heavy atom. The largest absolute Gasteiger partial charge is 0.544 e. The standard InChI is InChI=1S/C13H14N2O2/c1-2-12-14-8-9-15(12,10-13(16)17)11-6-4-3-5-7-11/h2-7H,1,8-10H2. The highest BCUT2D eigenvalue weighted by atomic mass is 16.4. The van der Waals surface area contributed by atoms with E-state index in [-0.39, 0.29) is 11.0 Å².